The molecule has 1 atom stereocenters. The van der Waals surface area contributed by atoms with Gasteiger partial charge in [-0.1, -0.05) is 23.4 Å². The Kier molecular flexibility index (Phi) is 4.28. The molecule has 0 radical (unpaired) electrons. The molecule has 1 aromatic carbocycles. The van der Waals surface area contributed by atoms with Crippen LogP contribution in [-0.4, -0.2) is 23.3 Å². The molecule has 0 aliphatic carbocycles. The first kappa shape index (κ1) is 13.1. The zero-order valence-electron chi connectivity index (χ0n) is 11.4. The monoisotopic (exact) mass is 273 g/mol. The number of rotatable bonds is 6. The lowest BCUT2D eigenvalue weighted by Gasteiger charge is -2.04. The Balaban J connectivity index is 1.42. The molecular weight excluding hydrogens is 254 g/mol. The second-order valence-corrected chi connectivity index (χ2v) is 4.94. The number of aromatic nitrogens is 2. The number of anilines is 1. The van der Waals surface area contributed by atoms with E-state index < -0.39 is 0 Å². The van der Waals surface area contributed by atoms with Crippen LogP contribution in [0.1, 0.15) is 37.1 Å². The fourth-order valence-corrected chi connectivity index (χ4v) is 2.31. The molecule has 20 heavy (non-hydrogen) atoms. The lowest BCUT2D eigenvalue weighted by atomic mass is 10.2. The van der Waals surface area contributed by atoms with Crippen LogP contribution in [-0.2, 0) is 11.2 Å². The van der Waals surface area contributed by atoms with Crippen LogP contribution in [0.15, 0.2) is 34.9 Å². The van der Waals surface area contributed by atoms with Crippen LogP contribution in [0.4, 0.5) is 5.69 Å². The largest absolute Gasteiger partial charge is 0.385 e. The average molecular weight is 273 g/mol. The van der Waals surface area contributed by atoms with Crippen LogP contribution >= 0.6 is 0 Å². The summed E-state index contributed by atoms with van der Waals surface area (Å²) in [6.07, 6.45) is 3.86. The van der Waals surface area contributed by atoms with E-state index in [2.05, 4.69) is 27.6 Å². The zero-order chi connectivity index (χ0) is 13.6. The van der Waals surface area contributed by atoms with Gasteiger partial charge in [0.1, 0.15) is 6.10 Å². The van der Waals surface area contributed by atoms with Crippen molar-refractivity contribution in [1.29, 1.82) is 0 Å². The normalized spacial score (nSPS) is 18.3. The molecule has 0 amide bonds. The standard InChI is InChI=1S/C15H19N3O2/c1-2-6-12(7-3-1)16-10-4-9-14-17-15(18-20-14)13-8-5-11-19-13/h1-3,6-7,13,16H,4-5,8-11H2. The SMILES string of the molecule is c1ccc(NCCCc2nc(C3CCCO3)no2)cc1. The number of benzene rings is 1. The van der Waals surface area contributed by atoms with Crippen LogP contribution < -0.4 is 5.32 Å². The Labute approximate surface area is 118 Å². The van der Waals surface area contributed by atoms with Gasteiger partial charge < -0.3 is 14.6 Å². The molecule has 0 spiro atoms. The van der Waals surface area contributed by atoms with Gasteiger partial charge in [-0.25, -0.2) is 0 Å². The third kappa shape index (κ3) is 3.36. The van der Waals surface area contributed by atoms with Gasteiger partial charge >= 0.3 is 0 Å². The van der Waals surface area contributed by atoms with Gasteiger partial charge in [-0.15, -0.1) is 0 Å². The Morgan fingerprint density at radius 1 is 1.25 bits per heavy atom. The van der Waals surface area contributed by atoms with E-state index in [-0.39, 0.29) is 6.10 Å². The average Bonchev–Trinajstić information content (AvgIpc) is 3.15. The highest BCUT2D eigenvalue weighted by atomic mass is 16.5. The predicted molar refractivity (Wildman–Crippen MR) is 75.5 cm³/mol. The Bertz CT molecular complexity index is 521. The summed E-state index contributed by atoms with van der Waals surface area (Å²) in [5.74, 6) is 1.40. The van der Waals surface area contributed by atoms with Crippen LogP contribution in [0.25, 0.3) is 0 Å². The number of para-hydroxylation sites is 1. The van der Waals surface area contributed by atoms with Crippen molar-refractivity contribution in [2.45, 2.75) is 31.8 Å². The van der Waals surface area contributed by atoms with Crippen molar-refractivity contribution in [3.05, 3.63) is 42.0 Å². The van der Waals surface area contributed by atoms with E-state index in [4.69, 9.17) is 9.26 Å². The number of nitrogens with one attached hydrogen (secondary N) is 1. The Morgan fingerprint density at radius 2 is 2.15 bits per heavy atom. The van der Waals surface area contributed by atoms with Crippen molar-refractivity contribution in [2.24, 2.45) is 0 Å². The third-order valence-corrected chi connectivity index (χ3v) is 3.37. The second-order valence-electron chi connectivity index (χ2n) is 4.94. The van der Waals surface area contributed by atoms with Crippen LogP contribution in [0.5, 0.6) is 0 Å². The maximum atomic E-state index is 5.54. The van der Waals surface area contributed by atoms with Gasteiger partial charge in [0.15, 0.2) is 0 Å². The maximum absolute atomic E-state index is 5.54. The number of hydrogen-bond donors (Lipinski definition) is 1. The first-order valence-electron chi connectivity index (χ1n) is 7.15. The van der Waals surface area contributed by atoms with E-state index in [1.165, 1.54) is 0 Å². The van der Waals surface area contributed by atoms with E-state index >= 15 is 0 Å². The molecule has 2 heterocycles. The van der Waals surface area contributed by atoms with Crippen LogP contribution in [0.3, 0.4) is 0 Å². The molecule has 5 heteroatoms. The number of hydrogen-bond acceptors (Lipinski definition) is 5. The van der Waals surface area contributed by atoms with Crippen molar-refractivity contribution < 1.29 is 9.26 Å². The van der Waals surface area contributed by atoms with E-state index in [9.17, 15) is 0 Å². The first-order valence-corrected chi connectivity index (χ1v) is 7.15. The Hall–Kier alpha value is -1.88. The summed E-state index contributed by atoms with van der Waals surface area (Å²) in [5.41, 5.74) is 1.14. The second kappa shape index (κ2) is 6.52. The summed E-state index contributed by atoms with van der Waals surface area (Å²) in [6.45, 7) is 1.69. The number of aryl methyl sites for hydroxylation is 1. The number of ether oxygens (including phenoxy) is 1. The molecule has 1 N–H and O–H groups in total. The predicted octanol–water partition coefficient (Wildman–Crippen LogP) is 2.97. The molecule has 1 fully saturated rings. The molecule has 1 aromatic heterocycles. The third-order valence-electron chi connectivity index (χ3n) is 3.37. The molecule has 0 saturated carbocycles. The minimum atomic E-state index is 0.0370. The lowest BCUT2D eigenvalue weighted by molar-refractivity contribution is 0.103. The molecule has 1 aliphatic heterocycles. The lowest BCUT2D eigenvalue weighted by Crippen LogP contribution is -2.03. The van der Waals surface area contributed by atoms with Crippen LogP contribution in [0.2, 0.25) is 0 Å². The highest BCUT2D eigenvalue weighted by molar-refractivity contribution is 5.42. The van der Waals surface area contributed by atoms with Crippen molar-refractivity contribution in [1.82, 2.24) is 10.1 Å². The smallest absolute Gasteiger partial charge is 0.226 e. The minimum absolute atomic E-state index is 0.0370. The van der Waals surface area contributed by atoms with E-state index in [1.54, 1.807) is 0 Å². The van der Waals surface area contributed by atoms with Gasteiger partial charge in [-0.05, 0) is 31.4 Å². The van der Waals surface area contributed by atoms with E-state index in [0.29, 0.717) is 11.7 Å². The number of nitrogens with zero attached hydrogens (tertiary/aromatic N) is 2. The molecule has 1 aliphatic rings. The minimum Gasteiger partial charge on any atom is -0.385 e. The highest BCUT2D eigenvalue weighted by Gasteiger charge is 2.22. The van der Waals surface area contributed by atoms with Gasteiger partial charge in [-0.2, -0.15) is 4.98 Å². The molecule has 0 bridgehead atoms. The van der Waals surface area contributed by atoms with E-state index in [0.717, 1.165) is 44.5 Å². The molecule has 106 valence electrons. The van der Waals surface area contributed by atoms with Crippen LogP contribution in [0, 0.1) is 0 Å². The fraction of sp³-hybridized carbons (Fsp3) is 0.467. The topological polar surface area (TPSA) is 60.2 Å². The molecule has 2 aromatic rings. The first-order chi connectivity index (χ1) is 9.92. The summed E-state index contributed by atoms with van der Waals surface area (Å²) < 4.78 is 10.8. The summed E-state index contributed by atoms with van der Waals surface area (Å²) in [7, 11) is 0. The highest BCUT2D eigenvalue weighted by Crippen LogP contribution is 2.26. The van der Waals surface area contributed by atoms with Gasteiger partial charge in [-0.3, -0.25) is 0 Å². The van der Waals surface area contributed by atoms with Gasteiger partial charge in [0.25, 0.3) is 0 Å². The molecule has 5 nitrogen and oxygen atoms in total. The summed E-state index contributed by atoms with van der Waals surface area (Å²) in [4.78, 5) is 4.41. The van der Waals surface area contributed by atoms with Gasteiger partial charge in [0.05, 0.1) is 0 Å². The molecule has 1 saturated heterocycles. The zero-order valence-corrected chi connectivity index (χ0v) is 11.4. The van der Waals surface area contributed by atoms with Gasteiger partial charge in [0, 0.05) is 25.3 Å². The van der Waals surface area contributed by atoms with E-state index in [1.807, 2.05) is 18.2 Å². The summed E-state index contributed by atoms with van der Waals surface area (Å²) >= 11 is 0. The maximum Gasteiger partial charge on any atom is 0.226 e. The quantitative estimate of drug-likeness (QED) is 0.820. The molecule has 1 unspecified atom stereocenters. The van der Waals surface area contributed by atoms with Gasteiger partial charge in [0.2, 0.25) is 11.7 Å². The van der Waals surface area contributed by atoms with Crippen molar-refractivity contribution >= 4 is 5.69 Å². The van der Waals surface area contributed by atoms with Crippen molar-refractivity contribution in [2.75, 3.05) is 18.5 Å². The van der Waals surface area contributed by atoms with Crippen molar-refractivity contribution in [3.8, 4) is 0 Å². The summed E-state index contributed by atoms with van der Waals surface area (Å²) in [6, 6.07) is 10.2. The molecule has 3 rings (SSSR count). The molecular formula is C15H19N3O2. The summed E-state index contributed by atoms with van der Waals surface area (Å²) in [5, 5.41) is 7.37. The van der Waals surface area contributed by atoms with Crippen molar-refractivity contribution in [3.63, 3.8) is 0 Å². The Morgan fingerprint density at radius 3 is 2.95 bits per heavy atom. The fourth-order valence-electron chi connectivity index (χ4n) is 2.31.